The Morgan fingerprint density at radius 1 is 1.36 bits per heavy atom. The van der Waals surface area contributed by atoms with Crippen molar-refractivity contribution in [2.45, 2.75) is 0 Å². The molecule has 1 amide bonds. The molecule has 0 aliphatic heterocycles. The molecule has 14 heavy (non-hydrogen) atoms. The maximum absolute atomic E-state index is 10.5. The van der Waals surface area contributed by atoms with Gasteiger partial charge in [-0.25, -0.2) is 0 Å². The highest BCUT2D eigenvalue weighted by atomic mass is 79.9. The lowest BCUT2D eigenvalue weighted by Crippen LogP contribution is -2.22. The lowest BCUT2D eigenvalue weighted by molar-refractivity contribution is -0.116. The SMILES string of the molecule is Br.NC(=O)CNc1c(Cl)cccc1Cl. The van der Waals surface area contributed by atoms with Gasteiger partial charge in [-0.2, -0.15) is 0 Å². The summed E-state index contributed by atoms with van der Waals surface area (Å²) < 4.78 is 0. The van der Waals surface area contributed by atoms with Crippen LogP contribution in [-0.4, -0.2) is 12.5 Å². The Kier molecular flexibility index (Phi) is 5.92. The first kappa shape index (κ1) is 13.5. The summed E-state index contributed by atoms with van der Waals surface area (Å²) in [6.07, 6.45) is 0. The number of nitrogens with two attached hydrogens (primary N) is 1. The molecule has 0 aliphatic carbocycles. The van der Waals surface area contributed by atoms with Crippen LogP contribution in [-0.2, 0) is 4.79 Å². The maximum atomic E-state index is 10.5. The van der Waals surface area contributed by atoms with Gasteiger partial charge in [0.05, 0.1) is 22.3 Å². The van der Waals surface area contributed by atoms with Crippen LogP contribution < -0.4 is 11.1 Å². The normalized spacial score (nSPS) is 9.00. The summed E-state index contributed by atoms with van der Waals surface area (Å²) in [7, 11) is 0. The average Bonchev–Trinajstić information content (AvgIpc) is 2.03. The molecule has 1 rings (SSSR count). The molecule has 3 nitrogen and oxygen atoms in total. The van der Waals surface area contributed by atoms with Crippen LogP contribution in [0.25, 0.3) is 0 Å². The van der Waals surface area contributed by atoms with E-state index in [9.17, 15) is 4.79 Å². The fraction of sp³-hybridized carbons (Fsp3) is 0.125. The molecule has 0 aliphatic rings. The van der Waals surface area contributed by atoms with Crippen molar-refractivity contribution < 1.29 is 4.79 Å². The van der Waals surface area contributed by atoms with Crippen LogP contribution >= 0.6 is 40.2 Å². The van der Waals surface area contributed by atoms with Gasteiger partial charge in [-0.1, -0.05) is 29.3 Å². The third-order valence-electron chi connectivity index (χ3n) is 1.40. The van der Waals surface area contributed by atoms with E-state index in [-0.39, 0.29) is 23.5 Å². The molecule has 0 heterocycles. The first-order valence-corrected chi connectivity index (χ1v) is 4.33. The molecule has 1 aromatic rings. The summed E-state index contributed by atoms with van der Waals surface area (Å²) in [6.45, 7) is 0.0173. The molecule has 0 fully saturated rings. The molecule has 0 bridgehead atoms. The van der Waals surface area contributed by atoms with Crippen molar-refractivity contribution in [3.05, 3.63) is 28.2 Å². The maximum Gasteiger partial charge on any atom is 0.236 e. The molecule has 0 radical (unpaired) electrons. The summed E-state index contributed by atoms with van der Waals surface area (Å²) in [5, 5.41) is 3.68. The van der Waals surface area contributed by atoms with Crippen molar-refractivity contribution in [1.29, 1.82) is 0 Å². The molecule has 1 aromatic carbocycles. The Hall–Kier alpha value is -0.450. The van der Waals surface area contributed by atoms with Crippen LogP contribution in [0.15, 0.2) is 18.2 Å². The van der Waals surface area contributed by atoms with Gasteiger partial charge in [0.15, 0.2) is 0 Å². The first-order chi connectivity index (χ1) is 6.11. The number of carbonyl (C=O) groups is 1. The van der Waals surface area contributed by atoms with Crippen molar-refractivity contribution >= 4 is 51.8 Å². The number of hydrogen-bond donors (Lipinski definition) is 2. The van der Waals surface area contributed by atoms with Crippen molar-refractivity contribution in [3.8, 4) is 0 Å². The zero-order chi connectivity index (χ0) is 9.84. The van der Waals surface area contributed by atoms with Crippen LogP contribution in [0.1, 0.15) is 0 Å². The van der Waals surface area contributed by atoms with Gasteiger partial charge in [0.25, 0.3) is 0 Å². The summed E-state index contributed by atoms with van der Waals surface area (Å²) in [5.41, 5.74) is 5.48. The lowest BCUT2D eigenvalue weighted by atomic mass is 10.3. The highest BCUT2D eigenvalue weighted by Gasteiger charge is 2.04. The smallest absolute Gasteiger partial charge is 0.236 e. The number of benzene rings is 1. The van der Waals surface area contributed by atoms with E-state index in [1.807, 2.05) is 0 Å². The monoisotopic (exact) mass is 298 g/mol. The van der Waals surface area contributed by atoms with E-state index in [0.717, 1.165) is 0 Å². The molecular weight excluding hydrogens is 291 g/mol. The van der Waals surface area contributed by atoms with Crippen molar-refractivity contribution in [3.63, 3.8) is 0 Å². The predicted octanol–water partition coefficient (Wildman–Crippen LogP) is 2.47. The van der Waals surface area contributed by atoms with E-state index >= 15 is 0 Å². The second-order valence-corrected chi connectivity index (χ2v) is 3.23. The van der Waals surface area contributed by atoms with Gasteiger partial charge in [-0.3, -0.25) is 4.79 Å². The minimum Gasteiger partial charge on any atom is -0.374 e. The Balaban J connectivity index is 0.00000169. The zero-order valence-electron chi connectivity index (χ0n) is 7.09. The summed E-state index contributed by atoms with van der Waals surface area (Å²) in [4.78, 5) is 10.5. The van der Waals surface area contributed by atoms with Crippen LogP contribution in [0.3, 0.4) is 0 Å². The quantitative estimate of drug-likeness (QED) is 0.901. The standard InChI is InChI=1S/C8H8Cl2N2O.BrH/c9-5-2-1-3-6(10)8(5)12-4-7(11)13;/h1-3,12H,4H2,(H2,11,13);1H. The molecule has 0 aromatic heterocycles. The summed E-state index contributed by atoms with van der Waals surface area (Å²) in [6, 6.07) is 5.08. The highest BCUT2D eigenvalue weighted by Crippen LogP contribution is 2.29. The van der Waals surface area contributed by atoms with E-state index in [4.69, 9.17) is 28.9 Å². The van der Waals surface area contributed by atoms with E-state index in [1.54, 1.807) is 18.2 Å². The van der Waals surface area contributed by atoms with Crippen LogP contribution in [0, 0.1) is 0 Å². The molecule has 0 atom stereocenters. The molecule has 0 spiro atoms. The number of halogens is 3. The Bertz CT molecular complexity index is 313. The number of para-hydroxylation sites is 1. The third-order valence-corrected chi connectivity index (χ3v) is 2.03. The second kappa shape index (κ2) is 6.11. The van der Waals surface area contributed by atoms with Gasteiger partial charge >= 0.3 is 0 Å². The lowest BCUT2D eigenvalue weighted by Gasteiger charge is -2.07. The van der Waals surface area contributed by atoms with Crippen molar-refractivity contribution in [2.24, 2.45) is 5.73 Å². The van der Waals surface area contributed by atoms with Gasteiger partial charge in [-0.15, -0.1) is 17.0 Å². The number of nitrogens with one attached hydrogen (secondary N) is 1. The van der Waals surface area contributed by atoms with Crippen molar-refractivity contribution in [1.82, 2.24) is 0 Å². The number of carbonyl (C=O) groups excluding carboxylic acids is 1. The predicted molar refractivity (Wildman–Crippen MR) is 64.5 cm³/mol. The molecule has 0 saturated carbocycles. The summed E-state index contributed by atoms with van der Waals surface area (Å²) in [5.74, 6) is -0.462. The number of primary amides is 1. The first-order valence-electron chi connectivity index (χ1n) is 3.57. The minimum atomic E-state index is -0.462. The third kappa shape index (κ3) is 3.74. The number of anilines is 1. The molecule has 78 valence electrons. The van der Waals surface area contributed by atoms with Gasteiger partial charge < -0.3 is 11.1 Å². The van der Waals surface area contributed by atoms with E-state index in [0.29, 0.717) is 15.7 Å². The zero-order valence-corrected chi connectivity index (χ0v) is 10.3. The van der Waals surface area contributed by atoms with Gasteiger partial charge in [-0.05, 0) is 12.1 Å². The highest BCUT2D eigenvalue weighted by molar-refractivity contribution is 8.93. The molecular formula is C8H9BrCl2N2O. The average molecular weight is 300 g/mol. The van der Waals surface area contributed by atoms with E-state index < -0.39 is 5.91 Å². The molecule has 0 unspecified atom stereocenters. The fourth-order valence-electron chi connectivity index (χ4n) is 0.842. The minimum absolute atomic E-state index is 0. The van der Waals surface area contributed by atoms with Crippen LogP contribution in [0.2, 0.25) is 10.0 Å². The number of amides is 1. The Morgan fingerprint density at radius 3 is 2.29 bits per heavy atom. The van der Waals surface area contributed by atoms with Gasteiger partial charge in [0.2, 0.25) is 5.91 Å². The summed E-state index contributed by atoms with van der Waals surface area (Å²) >= 11 is 11.6. The van der Waals surface area contributed by atoms with E-state index in [1.165, 1.54) is 0 Å². The van der Waals surface area contributed by atoms with E-state index in [2.05, 4.69) is 5.32 Å². The number of rotatable bonds is 3. The topological polar surface area (TPSA) is 55.1 Å². The Morgan fingerprint density at radius 2 is 1.86 bits per heavy atom. The number of hydrogen-bond acceptors (Lipinski definition) is 2. The largest absolute Gasteiger partial charge is 0.374 e. The molecule has 0 saturated heterocycles. The Labute approximate surface area is 102 Å². The van der Waals surface area contributed by atoms with Crippen LogP contribution in [0.5, 0.6) is 0 Å². The molecule has 6 heteroatoms. The van der Waals surface area contributed by atoms with Crippen molar-refractivity contribution in [2.75, 3.05) is 11.9 Å². The van der Waals surface area contributed by atoms with Gasteiger partial charge in [0.1, 0.15) is 0 Å². The van der Waals surface area contributed by atoms with Crippen LogP contribution in [0.4, 0.5) is 5.69 Å². The molecule has 3 N–H and O–H groups in total. The fourth-order valence-corrected chi connectivity index (χ4v) is 1.37. The van der Waals surface area contributed by atoms with Gasteiger partial charge in [0, 0.05) is 0 Å². The second-order valence-electron chi connectivity index (χ2n) is 2.42.